The highest BCUT2D eigenvalue weighted by Crippen LogP contribution is 2.24. The van der Waals surface area contributed by atoms with Gasteiger partial charge in [0.1, 0.15) is 10.8 Å². The Balaban J connectivity index is 1.86. The number of hydrogen-bond acceptors (Lipinski definition) is 6. The zero-order valence-electron chi connectivity index (χ0n) is 14.5. The second-order valence-corrected chi connectivity index (χ2v) is 6.22. The monoisotopic (exact) mass is 422 g/mol. The first kappa shape index (κ1) is 21.1. The molecule has 2 aromatic carbocycles. The molecule has 0 aliphatic carbocycles. The second kappa shape index (κ2) is 9.62. The maximum absolute atomic E-state index is 12.1. The summed E-state index contributed by atoms with van der Waals surface area (Å²) in [5.41, 5.74) is 5.08. The van der Waals surface area contributed by atoms with Crippen molar-refractivity contribution < 1.29 is 19.2 Å². The molecule has 0 radical (unpaired) electrons. The third-order valence-corrected chi connectivity index (χ3v) is 4.00. The van der Waals surface area contributed by atoms with Crippen LogP contribution in [0.5, 0.6) is 5.75 Å². The first-order valence-electron chi connectivity index (χ1n) is 7.77. The lowest BCUT2D eigenvalue weighted by atomic mass is 10.1. The lowest BCUT2D eigenvalue weighted by Gasteiger charge is -2.11. The standard InChI is InChI=1S/C17H15ClN4O5S/c1-27-12-5-2-10(3-6-12)8-15(23)20-21-17(28)19-16(24)11-4-7-13(18)14(9-11)22(25)26/h2-7,9H,8H2,1H3,(H,20,23)(H2,19,21,24,28). The summed E-state index contributed by atoms with van der Waals surface area (Å²) in [6.45, 7) is 0. The topological polar surface area (TPSA) is 123 Å². The third-order valence-electron chi connectivity index (χ3n) is 3.47. The molecule has 0 unspecified atom stereocenters. The van der Waals surface area contributed by atoms with E-state index in [0.717, 1.165) is 11.6 Å². The van der Waals surface area contributed by atoms with Crippen molar-refractivity contribution in [3.8, 4) is 5.75 Å². The number of halogens is 1. The summed E-state index contributed by atoms with van der Waals surface area (Å²) >= 11 is 10.6. The van der Waals surface area contributed by atoms with Crippen molar-refractivity contribution in [1.82, 2.24) is 16.2 Å². The average molecular weight is 423 g/mol. The fourth-order valence-electron chi connectivity index (χ4n) is 2.10. The third kappa shape index (κ3) is 5.89. The number of hydrazine groups is 1. The minimum absolute atomic E-state index is 0.00944. The molecule has 0 atom stereocenters. The largest absolute Gasteiger partial charge is 0.497 e. The Morgan fingerprint density at radius 2 is 1.86 bits per heavy atom. The van der Waals surface area contributed by atoms with E-state index < -0.39 is 16.5 Å². The van der Waals surface area contributed by atoms with E-state index >= 15 is 0 Å². The van der Waals surface area contributed by atoms with Crippen LogP contribution in [0, 0.1) is 10.1 Å². The van der Waals surface area contributed by atoms with Gasteiger partial charge in [0.15, 0.2) is 5.11 Å². The molecule has 0 aliphatic heterocycles. The van der Waals surface area contributed by atoms with Crippen LogP contribution in [-0.2, 0) is 11.2 Å². The molecule has 11 heteroatoms. The molecule has 0 aromatic heterocycles. The number of hydrogen-bond donors (Lipinski definition) is 3. The number of amides is 2. The molecular weight excluding hydrogens is 408 g/mol. The summed E-state index contributed by atoms with van der Waals surface area (Å²) in [6.07, 6.45) is 0.0803. The lowest BCUT2D eigenvalue weighted by Crippen LogP contribution is -2.48. The van der Waals surface area contributed by atoms with Gasteiger partial charge < -0.3 is 4.74 Å². The lowest BCUT2D eigenvalue weighted by molar-refractivity contribution is -0.384. The van der Waals surface area contributed by atoms with E-state index in [-0.39, 0.29) is 28.0 Å². The van der Waals surface area contributed by atoms with Crippen LogP contribution in [0.15, 0.2) is 42.5 Å². The Bertz CT molecular complexity index is 920. The number of thiocarbonyl (C=S) groups is 1. The highest BCUT2D eigenvalue weighted by Gasteiger charge is 2.17. The Hall–Kier alpha value is -3.24. The Morgan fingerprint density at radius 1 is 1.18 bits per heavy atom. The molecule has 0 fully saturated rings. The molecular formula is C17H15ClN4O5S. The molecule has 28 heavy (non-hydrogen) atoms. The van der Waals surface area contributed by atoms with Crippen LogP contribution in [0.2, 0.25) is 5.02 Å². The number of ether oxygens (including phenoxy) is 1. The number of benzene rings is 2. The van der Waals surface area contributed by atoms with Gasteiger partial charge in [-0.05, 0) is 42.0 Å². The highest BCUT2D eigenvalue weighted by atomic mass is 35.5. The van der Waals surface area contributed by atoms with Gasteiger partial charge in [0.25, 0.3) is 11.6 Å². The number of methoxy groups -OCH3 is 1. The molecule has 146 valence electrons. The molecule has 0 bridgehead atoms. The van der Waals surface area contributed by atoms with Crippen LogP contribution < -0.4 is 20.9 Å². The first-order valence-corrected chi connectivity index (χ1v) is 8.56. The van der Waals surface area contributed by atoms with Crippen molar-refractivity contribution >= 4 is 46.4 Å². The van der Waals surface area contributed by atoms with Crippen molar-refractivity contribution in [1.29, 1.82) is 0 Å². The SMILES string of the molecule is COc1ccc(CC(=O)NNC(=S)NC(=O)c2ccc(Cl)c([N+](=O)[O-])c2)cc1. The minimum Gasteiger partial charge on any atom is -0.497 e. The molecule has 0 saturated carbocycles. The van der Waals surface area contributed by atoms with Crippen LogP contribution in [0.25, 0.3) is 0 Å². The molecule has 2 aromatic rings. The number of nitrogens with zero attached hydrogens (tertiary/aromatic N) is 1. The quantitative estimate of drug-likeness (QED) is 0.383. The van der Waals surface area contributed by atoms with E-state index in [1.54, 1.807) is 31.4 Å². The molecule has 0 spiro atoms. The van der Waals surface area contributed by atoms with Crippen molar-refractivity contribution in [2.45, 2.75) is 6.42 Å². The maximum atomic E-state index is 12.1. The fourth-order valence-corrected chi connectivity index (χ4v) is 2.43. The van der Waals surface area contributed by atoms with Crippen LogP contribution in [0.1, 0.15) is 15.9 Å². The van der Waals surface area contributed by atoms with E-state index in [1.807, 2.05) is 0 Å². The van der Waals surface area contributed by atoms with Gasteiger partial charge in [0.05, 0.1) is 18.5 Å². The molecule has 3 N–H and O–H groups in total. The molecule has 0 heterocycles. The van der Waals surface area contributed by atoms with E-state index in [2.05, 4.69) is 16.2 Å². The Kier molecular flexibility index (Phi) is 7.24. The summed E-state index contributed by atoms with van der Waals surface area (Å²) in [4.78, 5) is 34.2. The number of nitro groups is 1. The zero-order valence-corrected chi connectivity index (χ0v) is 16.1. The molecule has 2 rings (SSSR count). The second-order valence-electron chi connectivity index (χ2n) is 5.40. The van der Waals surface area contributed by atoms with E-state index in [0.29, 0.717) is 5.75 Å². The Morgan fingerprint density at radius 3 is 2.46 bits per heavy atom. The van der Waals surface area contributed by atoms with Crippen molar-refractivity contribution in [3.63, 3.8) is 0 Å². The van der Waals surface area contributed by atoms with Crippen molar-refractivity contribution in [2.75, 3.05) is 7.11 Å². The van der Waals surface area contributed by atoms with Gasteiger partial charge >= 0.3 is 0 Å². The molecule has 9 nitrogen and oxygen atoms in total. The number of nitro benzene ring substituents is 1. The summed E-state index contributed by atoms with van der Waals surface area (Å²) in [6, 6.07) is 10.5. The summed E-state index contributed by atoms with van der Waals surface area (Å²) < 4.78 is 5.04. The van der Waals surface area contributed by atoms with Gasteiger partial charge in [-0.1, -0.05) is 23.7 Å². The smallest absolute Gasteiger partial charge is 0.288 e. The predicted molar refractivity (Wildman–Crippen MR) is 106 cm³/mol. The minimum atomic E-state index is -0.699. The predicted octanol–water partition coefficient (Wildman–Crippen LogP) is 2.13. The van der Waals surface area contributed by atoms with Crippen LogP contribution in [0.3, 0.4) is 0 Å². The van der Waals surface area contributed by atoms with Gasteiger partial charge in [-0.2, -0.15) is 0 Å². The van der Waals surface area contributed by atoms with Crippen LogP contribution in [0.4, 0.5) is 5.69 Å². The number of rotatable bonds is 5. The van der Waals surface area contributed by atoms with Gasteiger partial charge in [-0.15, -0.1) is 0 Å². The molecule has 0 aliphatic rings. The number of carbonyl (C=O) groups is 2. The average Bonchev–Trinajstić information content (AvgIpc) is 2.67. The van der Waals surface area contributed by atoms with Gasteiger partial charge in [0, 0.05) is 11.6 Å². The maximum Gasteiger partial charge on any atom is 0.288 e. The normalized spacial score (nSPS) is 9.93. The Labute approximate surface area is 170 Å². The number of nitrogens with one attached hydrogen (secondary N) is 3. The van der Waals surface area contributed by atoms with Crippen LogP contribution >= 0.6 is 23.8 Å². The summed E-state index contributed by atoms with van der Waals surface area (Å²) in [5, 5.41) is 12.9. The first-order chi connectivity index (χ1) is 13.3. The van der Waals surface area contributed by atoms with E-state index in [4.69, 9.17) is 28.6 Å². The van der Waals surface area contributed by atoms with Gasteiger partial charge in [-0.3, -0.25) is 35.9 Å². The van der Waals surface area contributed by atoms with Crippen molar-refractivity contribution in [2.24, 2.45) is 0 Å². The van der Waals surface area contributed by atoms with Gasteiger partial charge in [-0.25, -0.2) is 0 Å². The van der Waals surface area contributed by atoms with Crippen LogP contribution in [-0.4, -0.2) is 29.0 Å². The van der Waals surface area contributed by atoms with E-state index in [1.165, 1.54) is 12.1 Å². The fraction of sp³-hybridized carbons (Fsp3) is 0.118. The molecule has 2 amide bonds. The summed E-state index contributed by atoms with van der Waals surface area (Å²) in [7, 11) is 1.54. The van der Waals surface area contributed by atoms with Gasteiger partial charge in [0.2, 0.25) is 5.91 Å². The number of carbonyl (C=O) groups excluding carboxylic acids is 2. The molecule has 0 saturated heterocycles. The van der Waals surface area contributed by atoms with Crippen molar-refractivity contribution in [3.05, 3.63) is 68.7 Å². The highest BCUT2D eigenvalue weighted by molar-refractivity contribution is 7.80. The summed E-state index contributed by atoms with van der Waals surface area (Å²) in [5.74, 6) is -0.404. The van der Waals surface area contributed by atoms with E-state index in [9.17, 15) is 19.7 Å². The zero-order chi connectivity index (χ0) is 20.7.